The molecule has 0 aromatic carbocycles. The summed E-state index contributed by atoms with van der Waals surface area (Å²) < 4.78 is 0. The van der Waals surface area contributed by atoms with E-state index in [4.69, 9.17) is 5.73 Å². The Morgan fingerprint density at radius 2 is 1.92 bits per heavy atom. The van der Waals surface area contributed by atoms with Crippen LogP contribution in [-0.2, 0) is 0 Å². The lowest BCUT2D eigenvalue weighted by molar-refractivity contribution is 0.132. The zero-order chi connectivity index (χ0) is 8.18. The molecule has 1 spiro atoms. The highest BCUT2D eigenvalue weighted by Crippen LogP contribution is 2.53. The first kappa shape index (κ1) is 7.34. The summed E-state index contributed by atoms with van der Waals surface area (Å²) in [6, 6.07) is 1.38. The monoisotopic (exact) mass is 166 g/mol. The first-order valence-electron chi connectivity index (χ1n) is 5.27. The van der Waals surface area contributed by atoms with Gasteiger partial charge in [-0.25, -0.2) is 0 Å². The van der Waals surface area contributed by atoms with Crippen molar-refractivity contribution in [3.63, 3.8) is 0 Å². The van der Waals surface area contributed by atoms with Gasteiger partial charge in [-0.3, -0.25) is 4.90 Å². The fourth-order valence-corrected chi connectivity index (χ4v) is 2.79. The summed E-state index contributed by atoms with van der Waals surface area (Å²) in [5.74, 6) is 0. The predicted octanol–water partition coefficient (Wildman–Crippen LogP) is 0.962. The summed E-state index contributed by atoms with van der Waals surface area (Å²) in [5.41, 5.74) is 6.60. The van der Waals surface area contributed by atoms with Crippen molar-refractivity contribution in [2.45, 2.75) is 44.2 Å². The second kappa shape index (κ2) is 2.24. The van der Waals surface area contributed by atoms with Crippen LogP contribution in [0.3, 0.4) is 0 Å². The van der Waals surface area contributed by atoms with Gasteiger partial charge in [0.05, 0.1) is 0 Å². The van der Waals surface area contributed by atoms with Crippen LogP contribution in [0.25, 0.3) is 0 Å². The molecule has 0 aromatic heterocycles. The average molecular weight is 166 g/mol. The summed E-state index contributed by atoms with van der Waals surface area (Å²) >= 11 is 0. The Morgan fingerprint density at radius 1 is 1.17 bits per heavy atom. The normalized spacial score (nSPS) is 44.8. The fraction of sp³-hybridized carbons (Fsp3) is 1.00. The van der Waals surface area contributed by atoms with Crippen LogP contribution in [0.2, 0.25) is 0 Å². The Balaban J connectivity index is 1.58. The highest BCUT2D eigenvalue weighted by molar-refractivity contribution is 5.03. The molecule has 2 heteroatoms. The molecular weight excluding hydrogens is 148 g/mol. The van der Waals surface area contributed by atoms with Gasteiger partial charge in [0.1, 0.15) is 0 Å². The summed E-state index contributed by atoms with van der Waals surface area (Å²) in [6.45, 7) is 2.75. The van der Waals surface area contributed by atoms with E-state index in [1.54, 1.807) is 0 Å². The smallest absolute Gasteiger partial charge is 0.0125 e. The molecule has 2 saturated carbocycles. The largest absolute Gasteiger partial charge is 0.328 e. The molecule has 0 amide bonds. The van der Waals surface area contributed by atoms with Gasteiger partial charge in [0.2, 0.25) is 0 Å². The molecule has 2 nitrogen and oxygen atoms in total. The maximum atomic E-state index is 5.79. The van der Waals surface area contributed by atoms with E-state index in [2.05, 4.69) is 4.90 Å². The maximum absolute atomic E-state index is 5.79. The number of nitrogens with two attached hydrogens (primary N) is 1. The van der Waals surface area contributed by atoms with Gasteiger partial charge in [0, 0.05) is 18.6 Å². The topological polar surface area (TPSA) is 29.3 Å². The molecule has 0 unspecified atom stereocenters. The molecule has 2 N–H and O–H groups in total. The van der Waals surface area contributed by atoms with Gasteiger partial charge in [0.15, 0.2) is 0 Å². The third kappa shape index (κ3) is 1.01. The van der Waals surface area contributed by atoms with Gasteiger partial charge in [-0.2, -0.15) is 0 Å². The van der Waals surface area contributed by atoms with E-state index in [9.17, 15) is 0 Å². The summed E-state index contributed by atoms with van der Waals surface area (Å²) in [4.78, 5) is 2.69. The minimum atomic E-state index is 0.519. The molecule has 1 heterocycles. The molecule has 1 saturated heterocycles. The van der Waals surface area contributed by atoms with Crippen LogP contribution in [0.5, 0.6) is 0 Å². The molecule has 12 heavy (non-hydrogen) atoms. The van der Waals surface area contributed by atoms with Crippen molar-refractivity contribution < 1.29 is 0 Å². The molecular formula is C10H18N2. The molecule has 3 fully saturated rings. The molecule has 0 radical (unpaired) electrons. The first-order valence-corrected chi connectivity index (χ1v) is 5.27. The lowest BCUT2D eigenvalue weighted by atomic mass is 9.86. The third-order valence-corrected chi connectivity index (χ3v) is 4.09. The predicted molar refractivity (Wildman–Crippen MR) is 48.9 cm³/mol. The highest BCUT2D eigenvalue weighted by atomic mass is 15.2. The zero-order valence-corrected chi connectivity index (χ0v) is 7.63. The summed E-state index contributed by atoms with van der Waals surface area (Å²) in [7, 11) is 0. The Hall–Kier alpha value is -0.0800. The van der Waals surface area contributed by atoms with Crippen LogP contribution in [-0.4, -0.2) is 30.1 Å². The minimum Gasteiger partial charge on any atom is -0.328 e. The lowest BCUT2D eigenvalue weighted by Crippen LogP contribution is -2.49. The van der Waals surface area contributed by atoms with Gasteiger partial charge in [-0.15, -0.1) is 0 Å². The Bertz CT molecular complexity index is 192. The molecule has 2 aliphatic carbocycles. The van der Waals surface area contributed by atoms with Gasteiger partial charge < -0.3 is 5.73 Å². The zero-order valence-electron chi connectivity index (χ0n) is 7.63. The number of rotatable bonds is 1. The Kier molecular flexibility index (Phi) is 1.37. The van der Waals surface area contributed by atoms with Crippen LogP contribution < -0.4 is 5.73 Å². The van der Waals surface area contributed by atoms with Crippen LogP contribution in [0.1, 0.15) is 32.1 Å². The molecule has 0 atom stereocenters. The van der Waals surface area contributed by atoms with Crippen molar-refractivity contribution in [2.75, 3.05) is 13.1 Å². The van der Waals surface area contributed by atoms with E-state index in [1.165, 1.54) is 45.2 Å². The van der Waals surface area contributed by atoms with Crippen molar-refractivity contribution in [1.29, 1.82) is 0 Å². The van der Waals surface area contributed by atoms with Gasteiger partial charge >= 0.3 is 0 Å². The fourth-order valence-electron chi connectivity index (χ4n) is 2.79. The lowest BCUT2D eigenvalue weighted by Gasteiger charge is -2.39. The SMILES string of the molecule is NC1CC(N2CCC3(CC3)C2)C1. The number of hydrogen-bond donors (Lipinski definition) is 1. The second-order valence-corrected chi connectivity index (χ2v) is 5.11. The van der Waals surface area contributed by atoms with Crippen molar-refractivity contribution >= 4 is 0 Å². The van der Waals surface area contributed by atoms with Gasteiger partial charge in [0.25, 0.3) is 0 Å². The van der Waals surface area contributed by atoms with Crippen LogP contribution >= 0.6 is 0 Å². The number of likely N-dealkylation sites (tertiary alicyclic amines) is 1. The first-order chi connectivity index (χ1) is 5.77. The maximum Gasteiger partial charge on any atom is 0.0125 e. The van der Waals surface area contributed by atoms with E-state index in [0.29, 0.717) is 6.04 Å². The van der Waals surface area contributed by atoms with E-state index in [0.717, 1.165) is 11.5 Å². The molecule has 3 aliphatic rings. The van der Waals surface area contributed by atoms with Crippen LogP contribution in [0.15, 0.2) is 0 Å². The minimum absolute atomic E-state index is 0.519. The van der Waals surface area contributed by atoms with Crippen molar-refractivity contribution in [1.82, 2.24) is 4.90 Å². The van der Waals surface area contributed by atoms with E-state index >= 15 is 0 Å². The van der Waals surface area contributed by atoms with Crippen molar-refractivity contribution in [2.24, 2.45) is 11.1 Å². The van der Waals surface area contributed by atoms with Crippen LogP contribution in [0.4, 0.5) is 0 Å². The summed E-state index contributed by atoms with van der Waals surface area (Å²) in [6.07, 6.45) is 7.00. The third-order valence-electron chi connectivity index (χ3n) is 4.09. The molecule has 3 rings (SSSR count). The average Bonchev–Trinajstić information content (AvgIpc) is 2.57. The van der Waals surface area contributed by atoms with E-state index < -0.39 is 0 Å². The van der Waals surface area contributed by atoms with Crippen molar-refractivity contribution in [3.8, 4) is 0 Å². The number of hydrogen-bond acceptors (Lipinski definition) is 2. The molecule has 0 aromatic rings. The summed E-state index contributed by atoms with van der Waals surface area (Å²) in [5, 5.41) is 0. The molecule has 68 valence electrons. The highest BCUT2D eigenvalue weighted by Gasteiger charge is 2.49. The molecule has 0 bridgehead atoms. The molecule has 1 aliphatic heterocycles. The van der Waals surface area contributed by atoms with Gasteiger partial charge in [-0.1, -0.05) is 0 Å². The Morgan fingerprint density at radius 3 is 2.42 bits per heavy atom. The van der Waals surface area contributed by atoms with E-state index in [1.807, 2.05) is 0 Å². The standard InChI is InChI=1S/C10H18N2/c11-8-5-9(6-8)12-4-3-10(7-12)1-2-10/h8-9H,1-7,11H2. The Labute approximate surface area is 74.1 Å². The quantitative estimate of drug-likeness (QED) is 0.628. The van der Waals surface area contributed by atoms with Gasteiger partial charge in [-0.05, 0) is 44.1 Å². The number of nitrogens with zero attached hydrogens (tertiary/aromatic N) is 1. The van der Waals surface area contributed by atoms with Crippen molar-refractivity contribution in [3.05, 3.63) is 0 Å². The van der Waals surface area contributed by atoms with E-state index in [-0.39, 0.29) is 0 Å². The van der Waals surface area contributed by atoms with Crippen LogP contribution in [0, 0.1) is 5.41 Å². The second-order valence-electron chi connectivity index (χ2n) is 5.11.